The number of rotatable bonds is 2. The summed E-state index contributed by atoms with van der Waals surface area (Å²) < 4.78 is 6.41. The highest BCUT2D eigenvalue weighted by atomic mass is 16.6. The van der Waals surface area contributed by atoms with Gasteiger partial charge in [0.25, 0.3) is 22.7 Å². The summed E-state index contributed by atoms with van der Waals surface area (Å²) in [6.45, 7) is 0. The average Bonchev–Trinajstić information content (AvgIpc) is 3.23. The van der Waals surface area contributed by atoms with Crippen LogP contribution in [0.15, 0.2) is 57.6 Å². The summed E-state index contributed by atoms with van der Waals surface area (Å²) in [6, 6.07) is 9.41. The number of amides is 1. The van der Waals surface area contributed by atoms with Crippen LogP contribution in [0.5, 0.6) is 0 Å². The second kappa shape index (κ2) is 6.14. The lowest BCUT2D eigenvalue weighted by atomic mass is 9.84. The molecule has 3 heterocycles. The van der Waals surface area contributed by atoms with Crippen molar-refractivity contribution in [2.45, 2.75) is 5.54 Å². The third-order valence-electron chi connectivity index (χ3n) is 5.71. The van der Waals surface area contributed by atoms with Crippen molar-refractivity contribution in [2.75, 3.05) is 12.4 Å². The van der Waals surface area contributed by atoms with E-state index >= 15 is 0 Å². The number of benzene rings is 2. The van der Waals surface area contributed by atoms with Crippen LogP contribution in [-0.2, 0) is 19.9 Å². The van der Waals surface area contributed by atoms with Gasteiger partial charge in [0, 0.05) is 17.7 Å². The molecule has 0 saturated heterocycles. The Hall–Kier alpha value is -4.74. The quantitative estimate of drug-likeness (QED) is 0.324. The summed E-state index contributed by atoms with van der Waals surface area (Å²) >= 11 is 0. The number of anilines is 1. The monoisotopic (exact) mass is 435 g/mol. The minimum absolute atomic E-state index is 0.000592. The van der Waals surface area contributed by atoms with Gasteiger partial charge < -0.3 is 15.8 Å². The Labute approximate surface area is 177 Å². The van der Waals surface area contributed by atoms with E-state index < -0.39 is 44.9 Å². The molecule has 0 saturated carbocycles. The molecule has 2 aromatic carbocycles. The van der Waals surface area contributed by atoms with Crippen LogP contribution in [-0.4, -0.2) is 33.3 Å². The highest BCUT2D eigenvalue weighted by molar-refractivity contribution is 6.17. The molecule has 0 aliphatic carbocycles. The van der Waals surface area contributed by atoms with Crippen molar-refractivity contribution < 1.29 is 19.2 Å². The minimum Gasteiger partial charge on any atom is -0.465 e. The van der Waals surface area contributed by atoms with Crippen LogP contribution in [0.1, 0.15) is 5.56 Å². The molecule has 1 amide bonds. The van der Waals surface area contributed by atoms with E-state index in [1.54, 1.807) is 12.1 Å². The fourth-order valence-electron chi connectivity index (χ4n) is 4.40. The second-order valence-corrected chi connectivity index (χ2v) is 7.18. The third-order valence-corrected chi connectivity index (χ3v) is 5.71. The van der Waals surface area contributed by atoms with Crippen LogP contribution >= 0.6 is 0 Å². The number of carbonyl (C=O) groups excluding carboxylic acids is 2. The molecule has 2 aliphatic heterocycles. The maximum atomic E-state index is 13.5. The standard InChI is InChI=1S/C20H13N5O7/c1-32-18(28)14-15(21)23-16(26)10-4-2-3-5-11(10)17(27)24(23)20(14)12-7-6-9(25(30)31)8-13(12)22-19(20)29/h2-8H,21H2,1H3,(H,22,29). The SMILES string of the molecule is COC(=O)C1=C(N)n2c(=O)c3ccccc3c(=O)n2C12C(=O)Nc1cc([N+](=O)[O-])ccc12. The first-order valence-corrected chi connectivity index (χ1v) is 9.22. The Morgan fingerprint density at radius 1 is 1.12 bits per heavy atom. The molecular formula is C20H13N5O7. The van der Waals surface area contributed by atoms with Crippen LogP contribution in [0.25, 0.3) is 16.6 Å². The molecule has 3 N–H and O–H groups in total. The van der Waals surface area contributed by atoms with Gasteiger partial charge in [0.05, 0.1) is 28.5 Å². The van der Waals surface area contributed by atoms with Gasteiger partial charge in [-0.25, -0.2) is 9.48 Å². The van der Waals surface area contributed by atoms with E-state index in [1.807, 2.05) is 0 Å². The lowest BCUT2D eigenvalue weighted by molar-refractivity contribution is -0.384. The van der Waals surface area contributed by atoms with Gasteiger partial charge in [0.2, 0.25) is 5.54 Å². The number of non-ortho nitro benzene ring substituents is 1. The number of nitro groups is 1. The number of methoxy groups -OCH3 is 1. The van der Waals surface area contributed by atoms with Crippen LogP contribution in [0, 0.1) is 10.1 Å². The van der Waals surface area contributed by atoms with E-state index in [0.29, 0.717) is 0 Å². The fraction of sp³-hybridized carbons (Fsp3) is 0.100. The predicted molar refractivity (Wildman–Crippen MR) is 111 cm³/mol. The highest BCUT2D eigenvalue weighted by Crippen LogP contribution is 2.48. The molecule has 1 aromatic heterocycles. The van der Waals surface area contributed by atoms with Crippen molar-refractivity contribution in [3.63, 3.8) is 0 Å². The highest BCUT2D eigenvalue weighted by Gasteiger charge is 2.61. The molecule has 1 unspecified atom stereocenters. The molecule has 0 radical (unpaired) electrons. The number of nitrogens with zero attached hydrogens (tertiary/aromatic N) is 3. The molecule has 0 bridgehead atoms. The Kier molecular flexibility index (Phi) is 3.69. The van der Waals surface area contributed by atoms with Crippen molar-refractivity contribution >= 4 is 39.8 Å². The number of nitrogens with two attached hydrogens (primary N) is 1. The van der Waals surface area contributed by atoms with Crippen molar-refractivity contribution in [3.8, 4) is 0 Å². The Morgan fingerprint density at radius 2 is 1.78 bits per heavy atom. The normalized spacial score (nSPS) is 18.6. The first kappa shape index (κ1) is 19.2. The van der Waals surface area contributed by atoms with Crippen molar-refractivity contribution in [1.29, 1.82) is 0 Å². The molecule has 32 heavy (non-hydrogen) atoms. The van der Waals surface area contributed by atoms with E-state index in [-0.39, 0.29) is 27.7 Å². The number of aromatic nitrogens is 2. The molecule has 2 aliphatic rings. The molecule has 160 valence electrons. The topological polar surface area (TPSA) is 169 Å². The smallest absolute Gasteiger partial charge is 0.340 e. The molecule has 12 nitrogen and oxygen atoms in total. The van der Waals surface area contributed by atoms with E-state index in [1.165, 1.54) is 18.2 Å². The molecule has 1 atom stereocenters. The lowest BCUT2D eigenvalue weighted by Gasteiger charge is -2.26. The van der Waals surface area contributed by atoms with Crippen LogP contribution in [0.4, 0.5) is 11.4 Å². The average molecular weight is 435 g/mol. The zero-order valence-electron chi connectivity index (χ0n) is 16.3. The van der Waals surface area contributed by atoms with Gasteiger partial charge in [0.1, 0.15) is 11.4 Å². The van der Waals surface area contributed by atoms with Gasteiger partial charge in [0.15, 0.2) is 0 Å². The number of ether oxygens (including phenoxy) is 1. The Balaban J connectivity index is 2.01. The van der Waals surface area contributed by atoms with E-state index in [2.05, 4.69) is 5.32 Å². The number of esters is 1. The largest absolute Gasteiger partial charge is 0.465 e. The summed E-state index contributed by atoms with van der Waals surface area (Å²) in [7, 11) is 1.06. The Morgan fingerprint density at radius 3 is 2.41 bits per heavy atom. The van der Waals surface area contributed by atoms with Crippen molar-refractivity contribution in [1.82, 2.24) is 9.36 Å². The van der Waals surface area contributed by atoms with Gasteiger partial charge in [-0.05, 0) is 18.2 Å². The molecule has 5 rings (SSSR count). The maximum Gasteiger partial charge on any atom is 0.340 e. The summed E-state index contributed by atoms with van der Waals surface area (Å²) in [5, 5.41) is 13.7. The zero-order chi connectivity index (χ0) is 22.9. The summed E-state index contributed by atoms with van der Waals surface area (Å²) in [5.41, 5.74) is 1.77. The van der Waals surface area contributed by atoms with Gasteiger partial charge in [-0.1, -0.05) is 12.1 Å². The van der Waals surface area contributed by atoms with Crippen LogP contribution in [0.2, 0.25) is 0 Å². The molecule has 3 aromatic rings. The number of fused-ring (bicyclic) bond motifs is 5. The van der Waals surface area contributed by atoms with Gasteiger partial charge in [-0.2, -0.15) is 4.68 Å². The summed E-state index contributed by atoms with van der Waals surface area (Å²) in [4.78, 5) is 63.6. The van der Waals surface area contributed by atoms with Gasteiger partial charge >= 0.3 is 5.97 Å². The van der Waals surface area contributed by atoms with E-state index in [9.17, 15) is 29.3 Å². The second-order valence-electron chi connectivity index (χ2n) is 7.18. The van der Waals surface area contributed by atoms with E-state index in [0.717, 1.165) is 28.6 Å². The first-order valence-electron chi connectivity index (χ1n) is 9.22. The number of hydrogen-bond acceptors (Lipinski definition) is 8. The number of carbonyl (C=O) groups is 2. The number of hydrogen-bond donors (Lipinski definition) is 2. The minimum atomic E-state index is -2.19. The zero-order valence-corrected chi connectivity index (χ0v) is 16.3. The lowest BCUT2D eigenvalue weighted by Crippen LogP contribution is -2.51. The van der Waals surface area contributed by atoms with Gasteiger partial charge in [-0.15, -0.1) is 0 Å². The molecule has 1 spiro atoms. The van der Waals surface area contributed by atoms with Crippen LogP contribution < -0.4 is 22.2 Å². The van der Waals surface area contributed by atoms with Crippen LogP contribution in [0.3, 0.4) is 0 Å². The van der Waals surface area contributed by atoms with E-state index in [4.69, 9.17) is 10.5 Å². The summed E-state index contributed by atoms with van der Waals surface area (Å²) in [6.07, 6.45) is 0. The van der Waals surface area contributed by atoms with Gasteiger partial charge in [-0.3, -0.25) is 24.5 Å². The van der Waals surface area contributed by atoms with Crippen molar-refractivity contribution in [2.24, 2.45) is 5.73 Å². The Bertz CT molecular complexity index is 1560. The number of nitro benzene ring substituents is 1. The third kappa shape index (κ3) is 2.05. The first-order chi connectivity index (χ1) is 15.2. The number of nitrogens with one attached hydrogen (secondary N) is 1. The molecule has 12 heteroatoms. The molecular weight excluding hydrogens is 422 g/mol. The maximum absolute atomic E-state index is 13.5. The summed E-state index contributed by atoms with van der Waals surface area (Å²) in [5.74, 6) is -2.38. The van der Waals surface area contributed by atoms with Crippen molar-refractivity contribution in [3.05, 3.63) is 84.4 Å². The molecule has 0 fully saturated rings. The predicted octanol–water partition coefficient (Wildman–Crippen LogP) is 0.0810. The fourth-order valence-corrected chi connectivity index (χ4v) is 4.40.